The molecule has 3 aliphatic heterocycles. The summed E-state index contributed by atoms with van der Waals surface area (Å²) in [5, 5.41) is 0. The van der Waals surface area contributed by atoms with E-state index in [1.807, 2.05) is 23.1 Å². The van der Waals surface area contributed by atoms with Crippen molar-refractivity contribution in [1.82, 2.24) is 14.7 Å². The number of piperidine rings is 1. The molecular formula is C28H33N3O6. The zero-order valence-electron chi connectivity index (χ0n) is 21.4. The molecule has 9 nitrogen and oxygen atoms in total. The van der Waals surface area contributed by atoms with Gasteiger partial charge in [0.25, 0.3) is 11.8 Å². The van der Waals surface area contributed by atoms with Crippen LogP contribution in [0.2, 0.25) is 0 Å². The normalized spacial score (nSPS) is 20.8. The molecule has 3 saturated heterocycles. The summed E-state index contributed by atoms with van der Waals surface area (Å²) in [5.74, 6) is 0.654. The van der Waals surface area contributed by atoms with E-state index in [1.54, 1.807) is 47.2 Å². The number of benzene rings is 2. The van der Waals surface area contributed by atoms with Crippen LogP contribution in [0.15, 0.2) is 48.5 Å². The van der Waals surface area contributed by atoms with Gasteiger partial charge in [0.15, 0.2) is 11.5 Å². The van der Waals surface area contributed by atoms with Crippen molar-refractivity contribution in [1.29, 1.82) is 0 Å². The third-order valence-corrected chi connectivity index (χ3v) is 7.67. The van der Waals surface area contributed by atoms with Crippen LogP contribution in [0.4, 0.5) is 0 Å². The number of nitrogens with zero attached hydrogens (tertiary/aromatic N) is 3. The van der Waals surface area contributed by atoms with Crippen molar-refractivity contribution in [2.75, 3.05) is 47.0 Å². The first kappa shape index (κ1) is 25.1. The Labute approximate surface area is 216 Å². The Kier molecular flexibility index (Phi) is 7.06. The van der Waals surface area contributed by atoms with Gasteiger partial charge < -0.3 is 24.0 Å². The first-order valence-corrected chi connectivity index (χ1v) is 12.8. The van der Waals surface area contributed by atoms with Gasteiger partial charge in [-0.05, 0) is 43.2 Å². The van der Waals surface area contributed by atoms with Crippen molar-refractivity contribution in [2.24, 2.45) is 0 Å². The predicted octanol–water partition coefficient (Wildman–Crippen LogP) is 2.80. The molecule has 37 heavy (non-hydrogen) atoms. The molecule has 1 spiro atoms. The first-order valence-electron chi connectivity index (χ1n) is 12.8. The molecule has 0 aliphatic carbocycles. The fourth-order valence-electron chi connectivity index (χ4n) is 5.63. The van der Waals surface area contributed by atoms with Crippen LogP contribution in [0.1, 0.15) is 46.4 Å². The van der Waals surface area contributed by atoms with Crippen LogP contribution < -0.4 is 9.47 Å². The summed E-state index contributed by atoms with van der Waals surface area (Å²) in [6.45, 7) is 2.39. The van der Waals surface area contributed by atoms with Crippen molar-refractivity contribution in [3.8, 4) is 11.5 Å². The third kappa shape index (κ3) is 4.64. The van der Waals surface area contributed by atoms with Crippen LogP contribution in [0, 0.1) is 0 Å². The minimum Gasteiger partial charge on any atom is -0.493 e. The van der Waals surface area contributed by atoms with E-state index in [4.69, 9.17) is 14.2 Å². The molecule has 196 valence electrons. The predicted molar refractivity (Wildman–Crippen MR) is 136 cm³/mol. The van der Waals surface area contributed by atoms with Crippen LogP contribution in [-0.4, -0.2) is 91.2 Å². The highest BCUT2D eigenvalue weighted by molar-refractivity contribution is 5.99. The number of amides is 3. The Balaban J connectivity index is 1.37. The maximum Gasteiger partial charge on any atom is 0.256 e. The quantitative estimate of drug-likeness (QED) is 0.619. The average molecular weight is 508 g/mol. The summed E-state index contributed by atoms with van der Waals surface area (Å²) in [4.78, 5) is 45.8. The van der Waals surface area contributed by atoms with E-state index in [0.29, 0.717) is 61.6 Å². The minimum atomic E-state index is -0.929. The van der Waals surface area contributed by atoms with E-state index < -0.39 is 11.8 Å². The fourth-order valence-corrected chi connectivity index (χ4v) is 5.63. The van der Waals surface area contributed by atoms with Gasteiger partial charge in [-0.2, -0.15) is 0 Å². The molecule has 2 aromatic rings. The van der Waals surface area contributed by atoms with Gasteiger partial charge in [0.05, 0.1) is 20.8 Å². The molecule has 1 atom stereocenters. The molecular weight excluding hydrogens is 474 g/mol. The number of carbonyl (C=O) groups excluding carboxylic acids is 3. The molecule has 0 aromatic heterocycles. The Morgan fingerprint density at radius 1 is 0.811 bits per heavy atom. The van der Waals surface area contributed by atoms with Gasteiger partial charge >= 0.3 is 0 Å². The first-order chi connectivity index (χ1) is 18.0. The van der Waals surface area contributed by atoms with Gasteiger partial charge in [0.1, 0.15) is 11.8 Å². The minimum absolute atomic E-state index is 0.0533. The van der Waals surface area contributed by atoms with Crippen molar-refractivity contribution in [3.05, 3.63) is 59.7 Å². The molecule has 3 heterocycles. The molecule has 3 aliphatic rings. The van der Waals surface area contributed by atoms with Crippen molar-refractivity contribution in [3.63, 3.8) is 0 Å². The van der Waals surface area contributed by atoms with Crippen LogP contribution in [0.5, 0.6) is 11.5 Å². The van der Waals surface area contributed by atoms with Gasteiger partial charge in [-0.1, -0.05) is 18.2 Å². The lowest BCUT2D eigenvalue weighted by molar-refractivity contribution is -0.136. The van der Waals surface area contributed by atoms with Crippen molar-refractivity contribution < 1.29 is 28.6 Å². The Hall–Kier alpha value is -3.59. The van der Waals surface area contributed by atoms with E-state index in [-0.39, 0.29) is 24.3 Å². The monoisotopic (exact) mass is 507 g/mol. The van der Waals surface area contributed by atoms with Gasteiger partial charge in [-0.15, -0.1) is 0 Å². The summed E-state index contributed by atoms with van der Waals surface area (Å²) >= 11 is 0. The second kappa shape index (κ2) is 10.4. The van der Waals surface area contributed by atoms with Crippen molar-refractivity contribution >= 4 is 17.7 Å². The van der Waals surface area contributed by atoms with E-state index in [9.17, 15) is 14.4 Å². The highest BCUT2D eigenvalue weighted by Gasteiger charge is 2.55. The largest absolute Gasteiger partial charge is 0.493 e. The molecule has 9 heteroatoms. The topological polar surface area (TPSA) is 88.6 Å². The lowest BCUT2D eigenvalue weighted by atomic mass is 9.96. The summed E-state index contributed by atoms with van der Waals surface area (Å²) < 4.78 is 16.9. The molecule has 0 N–H and O–H groups in total. The third-order valence-electron chi connectivity index (χ3n) is 7.67. The maximum absolute atomic E-state index is 13.8. The number of rotatable bonds is 5. The van der Waals surface area contributed by atoms with Gasteiger partial charge in [0, 0.05) is 50.1 Å². The number of ether oxygens (including phenoxy) is 3. The van der Waals surface area contributed by atoms with Crippen LogP contribution >= 0.6 is 0 Å². The lowest BCUT2D eigenvalue weighted by Crippen LogP contribution is -2.60. The molecule has 5 rings (SSSR count). The fraction of sp³-hybridized carbons (Fsp3) is 0.464. The average Bonchev–Trinajstić information content (AvgIpc) is 3.61. The second-order valence-electron chi connectivity index (χ2n) is 9.71. The van der Waals surface area contributed by atoms with Gasteiger partial charge in [-0.3, -0.25) is 19.3 Å². The highest BCUT2D eigenvalue weighted by atomic mass is 16.5. The van der Waals surface area contributed by atoms with E-state index in [1.165, 1.54) is 7.11 Å². The SMILES string of the molecule is COc1ccc(C(=O)N2CCC3(CC2)OCC(C(=O)N2CCCC2)N3C(=O)c2ccccc2)cc1OC. The van der Waals surface area contributed by atoms with E-state index >= 15 is 0 Å². The smallest absolute Gasteiger partial charge is 0.256 e. The number of hydrogen-bond acceptors (Lipinski definition) is 6. The lowest BCUT2D eigenvalue weighted by Gasteiger charge is -2.44. The second-order valence-corrected chi connectivity index (χ2v) is 9.71. The zero-order valence-corrected chi connectivity index (χ0v) is 21.4. The van der Waals surface area contributed by atoms with Crippen LogP contribution in [0.3, 0.4) is 0 Å². The zero-order chi connectivity index (χ0) is 26.0. The maximum atomic E-state index is 13.8. The van der Waals surface area contributed by atoms with E-state index in [2.05, 4.69) is 0 Å². The molecule has 3 fully saturated rings. The van der Waals surface area contributed by atoms with Crippen LogP contribution in [0.25, 0.3) is 0 Å². The highest BCUT2D eigenvalue weighted by Crippen LogP contribution is 2.40. The Bertz CT molecular complexity index is 1160. The number of hydrogen-bond donors (Lipinski definition) is 0. The van der Waals surface area contributed by atoms with E-state index in [0.717, 1.165) is 12.8 Å². The standard InChI is InChI=1S/C28H33N3O6/c1-35-23-11-10-21(18-24(23)36-2)25(32)30-16-12-28(13-17-30)31(26(33)20-8-4-3-5-9-20)22(19-37-28)27(34)29-14-6-7-15-29/h3-5,8-11,18,22H,6-7,12-17,19H2,1-2H3. The summed E-state index contributed by atoms with van der Waals surface area (Å²) in [7, 11) is 3.08. The summed E-state index contributed by atoms with van der Waals surface area (Å²) in [5.41, 5.74) is 0.0946. The molecule has 1 unspecified atom stereocenters. The van der Waals surface area contributed by atoms with Gasteiger partial charge in [-0.25, -0.2) is 0 Å². The Morgan fingerprint density at radius 2 is 1.49 bits per heavy atom. The summed E-state index contributed by atoms with van der Waals surface area (Å²) in [6.07, 6.45) is 2.80. The molecule has 3 amide bonds. The number of likely N-dealkylation sites (tertiary alicyclic amines) is 2. The number of carbonyl (C=O) groups is 3. The van der Waals surface area contributed by atoms with Gasteiger partial charge in [0.2, 0.25) is 5.91 Å². The summed E-state index contributed by atoms with van der Waals surface area (Å²) in [6, 6.07) is 13.5. The Morgan fingerprint density at radius 3 is 2.14 bits per heavy atom. The molecule has 0 radical (unpaired) electrons. The van der Waals surface area contributed by atoms with Crippen LogP contribution in [-0.2, 0) is 9.53 Å². The molecule has 0 saturated carbocycles. The van der Waals surface area contributed by atoms with Crippen molar-refractivity contribution in [2.45, 2.75) is 37.5 Å². The molecule has 2 aromatic carbocycles. The number of methoxy groups -OCH3 is 2. The molecule has 0 bridgehead atoms.